The van der Waals surface area contributed by atoms with Crippen molar-refractivity contribution in [3.05, 3.63) is 47.8 Å². The molecule has 0 saturated carbocycles. The number of carbonyl (C=O) groups excluding carboxylic acids is 1. The van der Waals surface area contributed by atoms with Crippen molar-refractivity contribution in [1.82, 2.24) is 10.3 Å². The van der Waals surface area contributed by atoms with Gasteiger partial charge < -0.3 is 20.8 Å². The van der Waals surface area contributed by atoms with Crippen LogP contribution in [-0.2, 0) is 0 Å². The molecule has 0 spiro atoms. The second-order valence-electron chi connectivity index (χ2n) is 4.31. The minimum absolute atomic E-state index is 0.0945. The number of anilines is 1. The lowest BCUT2D eigenvalue weighted by molar-refractivity contribution is 0.0935. The molecule has 0 aliphatic heterocycles. The van der Waals surface area contributed by atoms with E-state index < -0.39 is 0 Å². The quantitative estimate of drug-likeness (QED) is 0.786. The number of nitrogens with two attached hydrogens (primary N) is 1. The average Bonchev–Trinajstić information content (AvgIpc) is 2.85. The van der Waals surface area contributed by atoms with Gasteiger partial charge in [-0.2, -0.15) is 0 Å². The number of amides is 1. The topological polar surface area (TPSA) is 80.1 Å². The number of H-pyrrole nitrogens is 1. The van der Waals surface area contributed by atoms with Crippen LogP contribution in [0.1, 0.15) is 29.0 Å². The van der Waals surface area contributed by atoms with Gasteiger partial charge in [-0.1, -0.05) is 12.1 Å². The highest BCUT2D eigenvalue weighted by atomic mass is 16.5. The number of aromatic nitrogens is 1. The van der Waals surface area contributed by atoms with Gasteiger partial charge in [-0.05, 0) is 30.7 Å². The number of aromatic amines is 1. The summed E-state index contributed by atoms with van der Waals surface area (Å²) in [6.07, 6.45) is 1.59. The molecule has 2 aromatic rings. The molecule has 1 aromatic heterocycles. The van der Waals surface area contributed by atoms with Gasteiger partial charge in [-0.15, -0.1) is 0 Å². The Morgan fingerprint density at radius 2 is 2.05 bits per heavy atom. The van der Waals surface area contributed by atoms with Crippen molar-refractivity contribution in [2.24, 2.45) is 0 Å². The maximum absolute atomic E-state index is 11.9. The molecule has 19 heavy (non-hydrogen) atoms. The molecule has 4 N–H and O–H groups in total. The molecule has 1 amide bonds. The highest BCUT2D eigenvalue weighted by Crippen LogP contribution is 2.17. The maximum Gasteiger partial charge on any atom is 0.268 e. The third-order valence-corrected chi connectivity index (χ3v) is 2.91. The van der Waals surface area contributed by atoms with Gasteiger partial charge in [-0.3, -0.25) is 4.79 Å². The van der Waals surface area contributed by atoms with Crippen molar-refractivity contribution in [3.63, 3.8) is 0 Å². The van der Waals surface area contributed by atoms with E-state index in [1.807, 2.05) is 31.2 Å². The van der Waals surface area contributed by atoms with Gasteiger partial charge in [-0.25, -0.2) is 0 Å². The first-order chi connectivity index (χ1) is 9.10. The van der Waals surface area contributed by atoms with Crippen LogP contribution in [0.4, 0.5) is 5.69 Å². The van der Waals surface area contributed by atoms with Crippen LogP contribution < -0.4 is 15.8 Å². The monoisotopic (exact) mass is 259 g/mol. The van der Waals surface area contributed by atoms with Crippen molar-refractivity contribution >= 4 is 11.6 Å². The van der Waals surface area contributed by atoms with Crippen molar-refractivity contribution in [3.8, 4) is 5.75 Å². The third-order valence-electron chi connectivity index (χ3n) is 2.91. The van der Waals surface area contributed by atoms with E-state index in [4.69, 9.17) is 10.5 Å². The third kappa shape index (κ3) is 3.07. The van der Waals surface area contributed by atoms with E-state index in [0.29, 0.717) is 11.4 Å². The van der Waals surface area contributed by atoms with Crippen molar-refractivity contribution in [2.75, 3.05) is 12.8 Å². The Kier molecular flexibility index (Phi) is 3.75. The zero-order valence-electron chi connectivity index (χ0n) is 10.9. The summed E-state index contributed by atoms with van der Waals surface area (Å²) in [5.74, 6) is 0.611. The first-order valence-corrected chi connectivity index (χ1v) is 5.99. The van der Waals surface area contributed by atoms with Gasteiger partial charge in [0.2, 0.25) is 0 Å². The largest absolute Gasteiger partial charge is 0.497 e. The van der Waals surface area contributed by atoms with Crippen molar-refractivity contribution < 1.29 is 9.53 Å². The minimum atomic E-state index is -0.181. The number of methoxy groups -OCH3 is 1. The van der Waals surface area contributed by atoms with Crippen molar-refractivity contribution in [2.45, 2.75) is 13.0 Å². The fourth-order valence-corrected chi connectivity index (χ4v) is 1.79. The molecule has 1 aromatic carbocycles. The predicted octanol–water partition coefficient (Wildman–Crippen LogP) is 2.10. The molecule has 5 nitrogen and oxygen atoms in total. The zero-order chi connectivity index (χ0) is 13.8. The Morgan fingerprint density at radius 3 is 2.58 bits per heavy atom. The van der Waals surface area contributed by atoms with Gasteiger partial charge in [0.15, 0.2) is 0 Å². The number of hydrogen-bond donors (Lipinski definition) is 3. The Bertz CT molecular complexity index is 560. The maximum atomic E-state index is 11.9. The zero-order valence-corrected chi connectivity index (χ0v) is 10.9. The summed E-state index contributed by atoms with van der Waals surface area (Å²) in [5, 5.41) is 2.90. The first-order valence-electron chi connectivity index (χ1n) is 5.99. The van der Waals surface area contributed by atoms with Crippen LogP contribution in [0.25, 0.3) is 0 Å². The normalized spacial score (nSPS) is 11.9. The molecule has 0 aliphatic rings. The molecule has 0 saturated heterocycles. The molecule has 1 unspecified atom stereocenters. The van der Waals surface area contributed by atoms with Gasteiger partial charge >= 0.3 is 0 Å². The number of ether oxygens (including phenoxy) is 1. The average molecular weight is 259 g/mol. The lowest BCUT2D eigenvalue weighted by Crippen LogP contribution is -2.26. The van der Waals surface area contributed by atoms with E-state index in [9.17, 15) is 4.79 Å². The SMILES string of the molecule is COc1ccc(C(C)NC(=O)c2cc(N)c[nH]2)cc1. The fraction of sp³-hybridized carbons (Fsp3) is 0.214. The number of carbonyl (C=O) groups is 1. The van der Waals surface area contributed by atoms with Gasteiger partial charge in [0.25, 0.3) is 5.91 Å². The van der Waals surface area contributed by atoms with E-state index in [-0.39, 0.29) is 11.9 Å². The number of nitrogen functional groups attached to an aromatic ring is 1. The van der Waals surface area contributed by atoms with Crippen LogP contribution in [-0.4, -0.2) is 18.0 Å². The number of benzene rings is 1. The Balaban J connectivity index is 2.03. The van der Waals surface area contributed by atoms with Crippen LogP contribution in [0.15, 0.2) is 36.5 Å². The predicted molar refractivity (Wildman–Crippen MR) is 74.1 cm³/mol. The van der Waals surface area contributed by atoms with E-state index in [1.54, 1.807) is 19.4 Å². The Morgan fingerprint density at radius 1 is 1.37 bits per heavy atom. The lowest BCUT2D eigenvalue weighted by Gasteiger charge is -2.14. The molecule has 1 heterocycles. The lowest BCUT2D eigenvalue weighted by atomic mass is 10.1. The smallest absolute Gasteiger partial charge is 0.268 e. The molecule has 1 atom stereocenters. The standard InChI is InChI=1S/C14H17N3O2/c1-9(10-3-5-12(19-2)6-4-10)17-14(18)13-7-11(15)8-16-13/h3-9,16H,15H2,1-2H3,(H,17,18). The summed E-state index contributed by atoms with van der Waals surface area (Å²) < 4.78 is 5.10. The molecular weight excluding hydrogens is 242 g/mol. The van der Waals surface area contributed by atoms with Gasteiger partial charge in [0.1, 0.15) is 11.4 Å². The Labute approximate surface area is 111 Å². The summed E-state index contributed by atoms with van der Waals surface area (Å²) in [6, 6.07) is 9.09. The minimum Gasteiger partial charge on any atom is -0.497 e. The van der Waals surface area contributed by atoms with Crippen LogP contribution >= 0.6 is 0 Å². The van der Waals surface area contributed by atoms with E-state index in [0.717, 1.165) is 11.3 Å². The number of nitrogens with one attached hydrogen (secondary N) is 2. The molecule has 100 valence electrons. The van der Waals surface area contributed by atoms with E-state index in [1.165, 1.54) is 0 Å². The molecule has 5 heteroatoms. The fourth-order valence-electron chi connectivity index (χ4n) is 1.79. The van der Waals surface area contributed by atoms with E-state index >= 15 is 0 Å². The van der Waals surface area contributed by atoms with Crippen LogP contribution in [0.3, 0.4) is 0 Å². The molecule has 0 aliphatic carbocycles. The highest BCUT2D eigenvalue weighted by molar-refractivity contribution is 5.93. The highest BCUT2D eigenvalue weighted by Gasteiger charge is 2.12. The molecular formula is C14H17N3O2. The van der Waals surface area contributed by atoms with Crippen LogP contribution in [0.2, 0.25) is 0 Å². The summed E-state index contributed by atoms with van der Waals surface area (Å²) in [6.45, 7) is 1.92. The first kappa shape index (κ1) is 13.0. The van der Waals surface area contributed by atoms with Crippen LogP contribution in [0.5, 0.6) is 5.75 Å². The van der Waals surface area contributed by atoms with Crippen molar-refractivity contribution in [1.29, 1.82) is 0 Å². The van der Waals surface area contributed by atoms with E-state index in [2.05, 4.69) is 10.3 Å². The molecule has 0 bridgehead atoms. The second kappa shape index (κ2) is 5.48. The van der Waals surface area contributed by atoms with Gasteiger partial charge in [0, 0.05) is 11.9 Å². The molecule has 0 radical (unpaired) electrons. The van der Waals surface area contributed by atoms with Gasteiger partial charge in [0.05, 0.1) is 13.2 Å². The second-order valence-corrected chi connectivity index (χ2v) is 4.31. The molecule has 0 fully saturated rings. The summed E-state index contributed by atoms with van der Waals surface area (Å²) in [7, 11) is 1.62. The summed E-state index contributed by atoms with van der Waals surface area (Å²) >= 11 is 0. The molecule has 2 rings (SSSR count). The van der Waals surface area contributed by atoms with Crippen LogP contribution in [0, 0.1) is 0 Å². The summed E-state index contributed by atoms with van der Waals surface area (Å²) in [5.41, 5.74) is 7.57. The number of rotatable bonds is 4. The summed E-state index contributed by atoms with van der Waals surface area (Å²) in [4.78, 5) is 14.8. The number of hydrogen-bond acceptors (Lipinski definition) is 3. The Hall–Kier alpha value is -2.43.